The number of ether oxygens (including phenoxy) is 1. The van der Waals surface area contributed by atoms with Crippen molar-refractivity contribution < 1.29 is 9.53 Å². The summed E-state index contributed by atoms with van der Waals surface area (Å²) >= 11 is 2.27. The van der Waals surface area contributed by atoms with E-state index in [1.165, 1.54) is 0 Å². The van der Waals surface area contributed by atoms with E-state index in [0.717, 1.165) is 17.3 Å². The fourth-order valence-corrected chi connectivity index (χ4v) is 2.56. The number of amides is 1. The molecule has 0 aromatic carbocycles. The van der Waals surface area contributed by atoms with Crippen molar-refractivity contribution in [2.45, 2.75) is 18.4 Å². The van der Waals surface area contributed by atoms with Crippen molar-refractivity contribution in [3.63, 3.8) is 0 Å². The Hall–Kier alpha value is 0.160. The van der Waals surface area contributed by atoms with Crippen LogP contribution in [0.25, 0.3) is 0 Å². The molecule has 2 fully saturated rings. The van der Waals surface area contributed by atoms with E-state index < -0.39 is 0 Å². The summed E-state index contributed by atoms with van der Waals surface area (Å²) in [6.45, 7) is 1.43. The predicted molar refractivity (Wildman–Crippen MR) is 53.3 cm³/mol. The van der Waals surface area contributed by atoms with E-state index in [1.54, 1.807) is 0 Å². The van der Waals surface area contributed by atoms with E-state index in [1.807, 2.05) is 0 Å². The van der Waals surface area contributed by atoms with Crippen LogP contribution in [0.4, 0.5) is 0 Å². The van der Waals surface area contributed by atoms with Crippen molar-refractivity contribution in [2.24, 2.45) is 5.92 Å². The second-order valence-electron chi connectivity index (χ2n) is 3.65. The Morgan fingerprint density at radius 2 is 2.42 bits per heavy atom. The fourth-order valence-electron chi connectivity index (χ4n) is 1.72. The zero-order chi connectivity index (χ0) is 8.60. The molecule has 2 saturated heterocycles. The van der Waals surface area contributed by atoms with Gasteiger partial charge in [-0.1, -0.05) is 22.6 Å². The maximum absolute atomic E-state index is 11.5. The molecule has 4 heteroatoms. The molecule has 68 valence electrons. The molecule has 0 aromatic rings. The van der Waals surface area contributed by atoms with E-state index in [-0.39, 0.29) is 17.4 Å². The SMILES string of the molecule is O=C1NC2(CCC1CI)COC2. The van der Waals surface area contributed by atoms with Crippen LogP contribution in [0.3, 0.4) is 0 Å². The van der Waals surface area contributed by atoms with Crippen molar-refractivity contribution in [3.8, 4) is 0 Å². The zero-order valence-electron chi connectivity index (χ0n) is 6.81. The van der Waals surface area contributed by atoms with Gasteiger partial charge in [-0.25, -0.2) is 0 Å². The van der Waals surface area contributed by atoms with Gasteiger partial charge in [-0.2, -0.15) is 0 Å². The molecule has 2 heterocycles. The highest BCUT2D eigenvalue weighted by atomic mass is 127. The first kappa shape index (κ1) is 8.74. The highest BCUT2D eigenvalue weighted by Gasteiger charge is 2.44. The molecular formula is C8H12INO2. The quantitative estimate of drug-likeness (QED) is 0.568. The van der Waals surface area contributed by atoms with E-state index in [0.29, 0.717) is 13.2 Å². The molecule has 1 spiro atoms. The van der Waals surface area contributed by atoms with Gasteiger partial charge in [0.15, 0.2) is 0 Å². The Balaban J connectivity index is 1.98. The van der Waals surface area contributed by atoms with Crippen LogP contribution in [-0.4, -0.2) is 29.1 Å². The van der Waals surface area contributed by atoms with E-state index >= 15 is 0 Å². The number of carbonyl (C=O) groups excluding carboxylic acids is 1. The van der Waals surface area contributed by atoms with Gasteiger partial charge in [0.2, 0.25) is 5.91 Å². The number of piperidine rings is 1. The number of nitrogens with one attached hydrogen (secondary N) is 1. The molecule has 2 aliphatic rings. The summed E-state index contributed by atoms with van der Waals surface area (Å²) in [6.07, 6.45) is 2.12. The minimum atomic E-state index is 0.0272. The molecule has 2 rings (SSSR count). The highest BCUT2D eigenvalue weighted by Crippen LogP contribution is 2.30. The Morgan fingerprint density at radius 3 is 2.83 bits per heavy atom. The van der Waals surface area contributed by atoms with Crippen molar-refractivity contribution >= 4 is 28.5 Å². The second-order valence-corrected chi connectivity index (χ2v) is 4.53. The summed E-state index contributed by atoms with van der Waals surface area (Å²) in [6, 6.07) is 0. The summed E-state index contributed by atoms with van der Waals surface area (Å²) in [7, 11) is 0. The van der Waals surface area contributed by atoms with Gasteiger partial charge in [0.1, 0.15) is 0 Å². The molecule has 3 nitrogen and oxygen atoms in total. The first-order chi connectivity index (χ1) is 5.76. The maximum Gasteiger partial charge on any atom is 0.224 e. The third-order valence-electron chi connectivity index (χ3n) is 2.67. The lowest BCUT2D eigenvalue weighted by Crippen LogP contribution is -2.65. The molecule has 1 N–H and O–H groups in total. The summed E-state index contributed by atoms with van der Waals surface area (Å²) in [5, 5.41) is 3.06. The Kier molecular flexibility index (Phi) is 2.29. The third-order valence-corrected chi connectivity index (χ3v) is 3.74. The van der Waals surface area contributed by atoms with Gasteiger partial charge in [-0.3, -0.25) is 4.79 Å². The van der Waals surface area contributed by atoms with Crippen LogP contribution in [-0.2, 0) is 9.53 Å². The molecule has 12 heavy (non-hydrogen) atoms. The van der Waals surface area contributed by atoms with Gasteiger partial charge in [0.05, 0.1) is 18.8 Å². The molecule has 1 amide bonds. The molecule has 1 atom stereocenters. The molecule has 0 aliphatic carbocycles. The predicted octanol–water partition coefficient (Wildman–Crippen LogP) is 0.717. The lowest BCUT2D eigenvalue weighted by Gasteiger charge is -2.46. The maximum atomic E-state index is 11.5. The summed E-state index contributed by atoms with van der Waals surface area (Å²) in [5.41, 5.74) is 0.0272. The molecule has 0 bridgehead atoms. The third kappa shape index (κ3) is 1.35. The first-order valence-corrected chi connectivity index (χ1v) is 5.74. The van der Waals surface area contributed by atoms with Crippen molar-refractivity contribution in [1.29, 1.82) is 0 Å². The molecular weight excluding hydrogens is 269 g/mol. The Morgan fingerprint density at radius 1 is 1.67 bits per heavy atom. The fraction of sp³-hybridized carbons (Fsp3) is 0.875. The van der Waals surface area contributed by atoms with Crippen molar-refractivity contribution in [3.05, 3.63) is 0 Å². The Bertz CT molecular complexity index is 203. The first-order valence-electron chi connectivity index (χ1n) is 4.21. The number of alkyl halides is 1. The lowest BCUT2D eigenvalue weighted by atomic mass is 9.83. The monoisotopic (exact) mass is 281 g/mol. The topological polar surface area (TPSA) is 38.3 Å². The van der Waals surface area contributed by atoms with Gasteiger partial charge in [-0.15, -0.1) is 0 Å². The minimum absolute atomic E-state index is 0.0272. The second kappa shape index (κ2) is 3.14. The van der Waals surface area contributed by atoms with Gasteiger partial charge in [-0.05, 0) is 12.8 Å². The lowest BCUT2D eigenvalue weighted by molar-refractivity contribution is -0.143. The molecule has 0 radical (unpaired) electrons. The van der Waals surface area contributed by atoms with Crippen molar-refractivity contribution in [1.82, 2.24) is 5.32 Å². The smallest absolute Gasteiger partial charge is 0.224 e. The number of hydrogen-bond acceptors (Lipinski definition) is 2. The molecule has 1 unspecified atom stereocenters. The average molecular weight is 281 g/mol. The van der Waals surface area contributed by atoms with E-state index in [9.17, 15) is 4.79 Å². The average Bonchev–Trinajstić information content (AvgIpc) is 2.01. The zero-order valence-corrected chi connectivity index (χ0v) is 8.96. The molecule has 2 aliphatic heterocycles. The summed E-state index contributed by atoms with van der Waals surface area (Å²) < 4.78 is 6.05. The molecule has 0 aromatic heterocycles. The minimum Gasteiger partial charge on any atom is -0.376 e. The van der Waals surface area contributed by atoms with Crippen LogP contribution < -0.4 is 5.32 Å². The van der Waals surface area contributed by atoms with Crippen LogP contribution in [0.5, 0.6) is 0 Å². The number of carbonyl (C=O) groups is 1. The molecule has 0 saturated carbocycles. The van der Waals surface area contributed by atoms with Crippen LogP contribution in [0.1, 0.15) is 12.8 Å². The number of halogens is 1. The normalized spacial score (nSPS) is 32.8. The standard InChI is InChI=1S/C8H12INO2/c9-3-6-1-2-8(4-12-5-8)10-7(6)11/h6H,1-5H2,(H,10,11). The van der Waals surface area contributed by atoms with Crippen molar-refractivity contribution in [2.75, 3.05) is 17.6 Å². The van der Waals surface area contributed by atoms with Gasteiger partial charge >= 0.3 is 0 Å². The summed E-state index contributed by atoms with van der Waals surface area (Å²) in [5.74, 6) is 0.454. The van der Waals surface area contributed by atoms with Gasteiger partial charge in [0, 0.05) is 10.3 Å². The van der Waals surface area contributed by atoms with Gasteiger partial charge < -0.3 is 10.1 Å². The highest BCUT2D eigenvalue weighted by molar-refractivity contribution is 14.1. The number of rotatable bonds is 1. The van der Waals surface area contributed by atoms with Crippen LogP contribution in [0, 0.1) is 5.92 Å². The Labute approximate surface area is 85.4 Å². The largest absolute Gasteiger partial charge is 0.376 e. The van der Waals surface area contributed by atoms with E-state index in [4.69, 9.17) is 4.74 Å². The van der Waals surface area contributed by atoms with Crippen LogP contribution >= 0.6 is 22.6 Å². The van der Waals surface area contributed by atoms with Gasteiger partial charge in [0.25, 0.3) is 0 Å². The number of hydrogen-bond donors (Lipinski definition) is 1. The summed E-state index contributed by atoms with van der Waals surface area (Å²) in [4.78, 5) is 11.5. The van der Waals surface area contributed by atoms with Crippen LogP contribution in [0.15, 0.2) is 0 Å². The van der Waals surface area contributed by atoms with E-state index in [2.05, 4.69) is 27.9 Å². The van der Waals surface area contributed by atoms with Crippen LogP contribution in [0.2, 0.25) is 0 Å².